The molecule has 1 atom stereocenters. The summed E-state index contributed by atoms with van der Waals surface area (Å²) < 4.78 is 0.818. The molecule has 0 spiro atoms. The molecule has 0 aliphatic heterocycles. The fourth-order valence-electron chi connectivity index (χ4n) is 1.95. The number of nitrogens with zero attached hydrogens (tertiary/aromatic N) is 1. The normalized spacial score (nSPS) is 11.8. The average Bonchev–Trinajstić information content (AvgIpc) is 2.50. The van der Waals surface area contributed by atoms with Gasteiger partial charge in [0.1, 0.15) is 0 Å². The van der Waals surface area contributed by atoms with Crippen molar-refractivity contribution in [3.63, 3.8) is 0 Å². The van der Waals surface area contributed by atoms with Crippen molar-refractivity contribution in [2.75, 3.05) is 0 Å². The quantitative estimate of drug-likeness (QED) is 0.570. The fourth-order valence-corrected chi connectivity index (χ4v) is 2.53. The van der Waals surface area contributed by atoms with Crippen molar-refractivity contribution in [2.24, 2.45) is 5.73 Å². The van der Waals surface area contributed by atoms with Crippen molar-refractivity contribution < 1.29 is 9.59 Å². The summed E-state index contributed by atoms with van der Waals surface area (Å²) in [6, 6.07) is 8.18. The van der Waals surface area contributed by atoms with Gasteiger partial charge in [0.2, 0.25) is 0 Å². The molecule has 2 aromatic rings. The van der Waals surface area contributed by atoms with Crippen LogP contribution in [0.3, 0.4) is 0 Å². The zero-order valence-electron chi connectivity index (χ0n) is 11.8. The predicted molar refractivity (Wildman–Crippen MR) is 89.9 cm³/mol. The van der Waals surface area contributed by atoms with Gasteiger partial charge in [-0.05, 0) is 0 Å². The number of carbonyl (C=O) groups excluding carboxylic acids is 2. The number of carbonyl (C=O) groups is 2. The number of halogens is 2. The predicted octanol–water partition coefficient (Wildman–Crippen LogP) is 1.07. The van der Waals surface area contributed by atoms with Gasteiger partial charge in [0.05, 0.1) is 0 Å². The number of primary amides is 1. The van der Waals surface area contributed by atoms with Gasteiger partial charge in [0, 0.05) is 0 Å². The van der Waals surface area contributed by atoms with Crippen molar-refractivity contribution in [1.82, 2.24) is 10.3 Å². The topological polar surface area (TPSA) is 85.1 Å². The molecule has 0 bridgehead atoms. The summed E-state index contributed by atoms with van der Waals surface area (Å²) in [6.07, 6.45) is 1.65. The molecule has 8 heteroatoms. The number of nitrogens with one attached hydrogen (secondary N) is 1. The van der Waals surface area contributed by atoms with Gasteiger partial charge in [-0.15, -0.1) is 0 Å². The van der Waals surface area contributed by atoms with E-state index in [0.29, 0.717) is 10.6 Å². The zero-order chi connectivity index (χ0) is 17.0. The Morgan fingerprint density at radius 3 is 2.52 bits per heavy atom. The van der Waals surface area contributed by atoms with Gasteiger partial charge >= 0.3 is 141 Å². The van der Waals surface area contributed by atoms with Crippen LogP contribution < -0.4 is 15.5 Å². The van der Waals surface area contributed by atoms with E-state index in [1.54, 1.807) is 12.3 Å². The van der Waals surface area contributed by atoms with Crippen LogP contribution in [0.15, 0.2) is 36.5 Å². The summed E-state index contributed by atoms with van der Waals surface area (Å²) in [7, 11) is 0. The minimum atomic E-state index is -1.14. The maximum atomic E-state index is 12.3. The molecule has 0 saturated heterocycles. The number of rotatable bonds is 5. The fraction of sp³-hybridized carbons (Fsp3) is 0.133. The van der Waals surface area contributed by atoms with Gasteiger partial charge in [-0.3, -0.25) is 0 Å². The molecule has 118 valence electrons. The minimum absolute atomic E-state index is 0.240. The molecule has 23 heavy (non-hydrogen) atoms. The molecule has 5 nitrogen and oxygen atoms in total. The Hall–Kier alpha value is -1.55. The van der Waals surface area contributed by atoms with Crippen LogP contribution in [0.1, 0.15) is 17.0 Å². The molecule has 1 aromatic carbocycles. The van der Waals surface area contributed by atoms with E-state index in [0.717, 1.165) is 10.0 Å². The first-order valence-electron chi connectivity index (χ1n) is 6.54. The number of aromatic nitrogens is 1. The van der Waals surface area contributed by atoms with Gasteiger partial charge in [-0.25, -0.2) is 0 Å². The second kappa shape index (κ2) is 7.82. The molecular formula is C15H12AsCl2N3O2. The van der Waals surface area contributed by atoms with E-state index in [4.69, 9.17) is 28.9 Å². The molecule has 0 fully saturated rings. The van der Waals surface area contributed by atoms with Crippen molar-refractivity contribution in [3.8, 4) is 0 Å². The number of hydrogen-bond donors (Lipinski definition) is 2. The Morgan fingerprint density at radius 1 is 1.22 bits per heavy atom. The molecule has 1 aromatic heterocycles. The SMILES string of the molecule is NC(=O)[C@@H](C(=O)NCc1ccc([As])nc1)c1ccc(Cl)c(Cl)c1. The van der Waals surface area contributed by atoms with Crippen molar-refractivity contribution in [2.45, 2.75) is 12.5 Å². The van der Waals surface area contributed by atoms with Gasteiger partial charge in [-0.1, -0.05) is 11.6 Å². The molecular weight excluding hydrogens is 400 g/mol. The molecule has 2 rings (SSSR count). The Bertz CT molecular complexity index is 738. The van der Waals surface area contributed by atoms with E-state index in [1.807, 2.05) is 12.1 Å². The van der Waals surface area contributed by atoms with E-state index in [9.17, 15) is 9.59 Å². The first-order valence-corrected chi connectivity index (χ1v) is 8.24. The van der Waals surface area contributed by atoms with Gasteiger partial charge in [0.15, 0.2) is 0 Å². The average molecular weight is 412 g/mol. The van der Waals surface area contributed by atoms with Crippen LogP contribution in [0, 0.1) is 0 Å². The van der Waals surface area contributed by atoms with Crippen molar-refractivity contribution in [3.05, 3.63) is 57.7 Å². The first-order chi connectivity index (χ1) is 10.9. The van der Waals surface area contributed by atoms with Crippen LogP contribution in [-0.2, 0) is 16.1 Å². The molecule has 0 saturated carbocycles. The van der Waals surface area contributed by atoms with E-state index in [-0.39, 0.29) is 11.6 Å². The van der Waals surface area contributed by atoms with Crippen LogP contribution in [0.4, 0.5) is 0 Å². The zero-order valence-corrected chi connectivity index (χ0v) is 15.2. The molecule has 0 aliphatic rings. The van der Waals surface area contributed by atoms with Crippen LogP contribution in [0.2, 0.25) is 10.0 Å². The molecule has 3 N–H and O–H groups in total. The summed E-state index contributed by atoms with van der Waals surface area (Å²) in [5, 5.41) is 3.26. The Labute approximate surface area is 152 Å². The third-order valence-corrected chi connectivity index (χ3v) is 4.39. The Balaban J connectivity index is 2.13. The van der Waals surface area contributed by atoms with E-state index >= 15 is 0 Å². The van der Waals surface area contributed by atoms with Crippen molar-refractivity contribution in [1.29, 1.82) is 0 Å². The molecule has 2 amide bonds. The molecule has 0 unspecified atom stereocenters. The third-order valence-electron chi connectivity index (χ3n) is 3.10. The van der Waals surface area contributed by atoms with Crippen molar-refractivity contribution >= 4 is 56.4 Å². The summed E-state index contributed by atoms with van der Waals surface area (Å²) in [6.45, 7) is 0.240. The summed E-state index contributed by atoms with van der Waals surface area (Å²) in [5.41, 5.74) is 6.56. The number of pyridine rings is 1. The molecule has 1 heterocycles. The van der Waals surface area contributed by atoms with E-state index < -0.39 is 17.7 Å². The van der Waals surface area contributed by atoms with Crippen LogP contribution in [0.25, 0.3) is 0 Å². The molecule has 2 radical (unpaired) electrons. The number of benzene rings is 1. The van der Waals surface area contributed by atoms with E-state index in [1.165, 1.54) is 12.1 Å². The molecule has 0 aliphatic carbocycles. The second-order valence-electron chi connectivity index (χ2n) is 4.75. The monoisotopic (exact) mass is 411 g/mol. The Kier molecular flexibility index (Phi) is 6.05. The van der Waals surface area contributed by atoms with Crippen LogP contribution in [-0.4, -0.2) is 33.7 Å². The van der Waals surface area contributed by atoms with Gasteiger partial charge in [0.25, 0.3) is 0 Å². The number of hydrogen-bond acceptors (Lipinski definition) is 3. The third kappa shape index (κ3) is 4.71. The Morgan fingerprint density at radius 2 is 1.96 bits per heavy atom. The number of amides is 2. The summed E-state index contributed by atoms with van der Waals surface area (Å²) in [5.74, 6) is -2.41. The number of nitrogens with two attached hydrogens (primary N) is 1. The summed E-state index contributed by atoms with van der Waals surface area (Å²) in [4.78, 5) is 28.1. The summed E-state index contributed by atoms with van der Waals surface area (Å²) >= 11 is 14.1. The van der Waals surface area contributed by atoms with E-state index in [2.05, 4.69) is 27.2 Å². The second-order valence-corrected chi connectivity index (χ2v) is 6.53. The van der Waals surface area contributed by atoms with Crippen LogP contribution in [0.5, 0.6) is 0 Å². The maximum absolute atomic E-state index is 12.3. The van der Waals surface area contributed by atoms with Gasteiger partial charge in [-0.2, -0.15) is 0 Å². The standard InChI is InChI=1S/C15H12AsCl2N3O2/c16-12-4-1-8(6-20-12)7-21-15(23)13(14(19)22)9-2-3-10(17)11(18)5-9/h1-6,13H,7H2,(H2,19,22)(H,21,23)/t13-/m0/s1. The van der Waals surface area contributed by atoms with Crippen LogP contribution >= 0.6 is 23.2 Å². The first kappa shape index (κ1) is 17.8. The van der Waals surface area contributed by atoms with Gasteiger partial charge < -0.3 is 0 Å².